The van der Waals surface area contributed by atoms with E-state index in [0.717, 1.165) is 4.90 Å². The molecule has 3 heterocycles. The number of carbonyl (C=O) groups is 3. The lowest BCUT2D eigenvalue weighted by Gasteiger charge is -2.55. The quantitative estimate of drug-likeness (QED) is 0.377. The predicted molar refractivity (Wildman–Crippen MR) is 109 cm³/mol. The number of rotatable bonds is 6. The van der Waals surface area contributed by atoms with Gasteiger partial charge in [0.2, 0.25) is 5.91 Å². The van der Waals surface area contributed by atoms with Gasteiger partial charge >= 0.3 is 11.6 Å². The van der Waals surface area contributed by atoms with Gasteiger partial charge in [-0.25, -0.2) is 9.59 Å². The fraction of sp³-hybridized carbons (Fsp3) is 0.300. The van der Waals surface area contributed by atoms with Crippen LogP contribution in [0, 0.1) is 0 Å². The first-order valence-corrected chi connectivity index (χ1v) is 10.2. The number of methoxy groups -OCH3 is 1. The van der Waals surface area contributed by atoms with E-state index < -0.39 is 34.5 Å². The number of carboxylic acids is 1. The van der Waals surface area contributed by atoms with E-state index >= 15 is 0 Å². The lowest BCUT2D eigenvalue weighted by molar-refractivity contribution is -0.192. The van der Waals surface area contributed by atoms with Gasteiger partial charge in [-0.05, 0) is 18.2 Å². The molecular weight excluding hydrogens is 428 g/mol. The van der Waals surface area contributed by atoms with Crippen LogP contribution in [-0.2, 0) is 19.1 Å². The van der Waals surface area contributed by atoms with Crippen LogP contribution in [0.1, 0.15) is 6.92 Å². The lowest BCUT2D eigenvalue weighted by Crippen LogP contribution is -2.80. The highest BCUT2D eigenvalue weighted by Crippen LogP contribution is 2.46. The van der Waals surface area contributed by atoms with E-state index in [2.05, 4.69) is 5.32 Å². The third kappa shape index (κ3) is 3.45. The van der Waals surface area contributed by atoms with Gasteiger partial charge in [-0.15, -0.1) is 11.8 Å². The molecule has 10 nitrogen and oxygen atoms in total. The molecule has 11 heteroatoms. The Hall–Kier alpha value is -3.31. The Morgan fingerprint density at radius 3 is 2.74 bits per heavy atom. The van der Waals surface area contributed by atoms with Crippen LogP contribution >= 0.6 is 11.8 Å². The number of hydrogen-bond donors (Lipinski definition) is 2. The smallest absolute Gasteiger partial charge is 0.352 e. The molecule has 0 bridgehead atoms. The van der Waals surface area contributed by atoms with Crippen LogP contribution in [0.3, 0.4) is 0 Å². The van der Waals surface area contributed by atoms with Gasteiger partial charge in [0.15, 0.2) is 0 Å². The van der Waals surface area contributed by atoms with Crippen molar-refractivity contribution in [3.63, 3.8) is 0 Å². The first kappa shape index (κ1) is 20.9. The van der Waals surface area contributed by atoms with E-state index in [4.69, 9.17) is 13.9 Å². The van der Waals surface area contributed by atoms with E-state index in [9.17, 15) is 24.3 Å². The second kappa shape index (κ2) is 7.75. The van der Waals surface area contributed by atoms with Gasteiger partial charge in [-0.3, -0.25) is 14.5 Å². The summed E-state index contributed by atoms with van der Waals surface area (Å²) in [6.07, 6.45) is 0. The fourth-order valence-electron chi connectivity index (χ4n) is 3.62. The van der Waals surface area contributed by atoms with Crippen LogP contribution in [0.5, 0.6) is 5.75 Å². The third-order valence-electron chi connectivity index (χ3n) is 5.00. The molecule has 1 saturated heterocycles. The van der Waals surface area contributed by atoms with Gasteiger partial charge in [-0.1, -0.05) is 0 Å². The van der Waals surface area contributed by atoms with Crippen LogP contribution in [0.15, 0.2) is 50.8 Å². The van der Waals surface area contributed by atoms with Gasteiger partial charge in [-0.2, -0.15) is 0 Å². The Kier molecular flexibility index (Phi) is 5.23. The average molecular weight is 446 g/mol. The summed E-state index contributed by atoms with van der Waals surface area (Å²) in [4.78, 5) is 48.8. The number of amides is 2. The Labute approximate surface area is 179 Å². The van der Waals surface area contributed by atoms with E-state index in [-0.39, 0.29) is 18.1 Å². The summed E-state index contributed by atoms with van der Waals surface area (Å²) in [6.45, 7) is 1.16. The molecule has 4 rings (SSSR count). The van der Waals surface area contributed by atoms with Crippen molar-refractivity contribution < 1.29 is 33.4 Å². The number of carbonyl (C=O) groups excluding carboxylic acids is 2. The fourth-order valence-corrected chi connectivity index (χ4v) is 5.04. The summed E-state index contributed by atoms with van der Waals surface area (Å²) < 4.78 is 16.1. The highest BCUT2D eigenvalue weighted by molar-refractivity contribution is 8.00. The van der Waals surface area contributed by atoms with E-state index in [0.29, 0.717) is 22.3 Å². The molecule has 2 aliphatic heterocycles. The zero-order valence-electron chi connectivity index (χ0n) is 16.5. The second-order valence-corrected chi connectivity index (χ2v) is 8.03. The maximum atomic E-state index is 12.8. The first-order chi connectivity index (χ1) is 14.8. The minimum Gasteiger partial charge on any atom is -0.489 e. The maximum absolute atomic E-state index is 12.8. The number of ether oxygens (including phenoxy) is 2. The summed E-state index contributed by atoms with van der Waals surface area (Å²) >= 11 is 1.26. The molecule has 1 fully saturated rings. The largest absolute Gasteiger partial charge is 0.489 e. The molecule has 0 spiro atoms. The van der Waals surface area contributed by atoms with Crippen molar-refractivity contribution >= 4 is 40.5 Å². The molecule has 0 radical (unpaired) electrons. The zero-order chi connectivity index (χ0) is 22.3. The number of nitrogens with one attached hydrogen (secondary N) is 1. The van der Waals surface area contributed by atoms with E-state index in [1.807, 2.05) is 0 Å². The van der Waals surface area contributed by atoms with Crippen molar-refractivity contribution in [2.75, 3.05) is 19.5 Å². The molecule has 2 atom stereocenters. The van der Waals surface area contributed by atoms with Crippen molar-refractivity contribution in [3.8, 4) is 5.75 Å². The SMILES string of the molecule is CO[C@@]1(NC(C)=O)C(=O)N2C(C(=O)O)=C(COc3ccc4ccc(=O)oc4c3)CS[C@@H]21. The van der Waals surface area contributed by atoms with Crippen molar-refractivity contribution in [2.45, 2.75) is 18.0 Å². The summed E-state index contributed by atoms with van der Waals surface area (Å²) in [7, 11) is 1.28. The number of fused-ring (bicyclic) bond motifs is 2. The van der Waals surface area contributed by atoms with Gasteiger partial charge in [0, 0.05) is 42.9 Å². The van der Waals surface area contributed by atoms with Gasteiger partial charge in [0.25, 0.3) is 11.6 Å². The van der Waals surface area contributed by atoms with E-state index in [1.54, 1.807) is 18.2 Å². The number of benzene rings is 1. The molecule has 0 aliphatic carbocycles. The molecule has 31 heavy (non-hydrogen) atoms. The Morgan fingerprint density at radius 1 is 1.32 bits per heavy atom. The Bertz CT molecular complexity index is 1190. The van der Waals surface area contributed by atoms with Crippen LogP contribution in [0.2, 0.25) is 0 Å². The number of carboxylic acid groups (broad SMARTS) is 1. The van der Waals surface area contributed by atoms with Crippen LogP contribution in [0.25, 0.3) is 11.0 Å². The van der Waals surface area contributed by atoms with Gasteiger partial charge in [0.05, 0.1) is 0 Å². The first-order valence-electron chi connectivity index (χ1n) is 9.18. The molecule has 2 aromatic rings. The monoisotopic (exact) mass is 446 g/mol. The van der Waals surface area contributed by atoms with Crippen LogP contribution in [0.4, 0.5) is 0 Å². The highest BCUT2D eigenvalue weighted by atomic mass is 32.2. The molecule has 162 valence electrons. The van der Waals surface area contributed by atoms with Gasteiger partial charge < -0.3 is 24.3 Å². The molecule has 1 aromatic heterocycles. The highest BCUT2D eigenvalue weighted by Gasteiger charge is 2.66. The Morgan fingerprint density at radius 2 is 2.06 bits per heavy atom. The summed E-state index contributed by atoms with van der Waals surface area (Å²) in [5, 5.41) is 12.2. The Balaban J connectivity index is 1.59. The normalized spacial score (nSPS) is 22.7. The number of thioether (sulfide) groups is 1. The molecule has 0 unspecified atom stereocenters. The number of hydrogen-bond acceptors (Lipinski definition) is 8. The molecule has 2 aliphatic rings. The molecule has 2 amide bonds. The third-order valence-corrected chi connectivity index (χ3v) is 6.38. The van der Waals surface area contributed by atoms with Crippen molar-refractivity contribution in [1.29, 1.82) is 0 Å². The number of β-lactam (4-membered cyclic amide) rings is 1. The number of aliphatic carboxylic acids is 1. The van der Waals surface area contributed by atoms with Crippen molar-refractivity contribution in [2.24, 2.45) is 0 Å². The molecule has 2 N–H and O–H groups in total. The predicted octanol–water partition coefficient (Wildman–Crippen LogP) is 0.904. The van der Waals surface area contributed by atoms with Gasteiger partial charge in [0.1, 0.15) is 29.0 Å². The molecule has 1 aromatic carbocycles. The van der Waals surface area contributed by atoms with E-state index in [1.165, 1.54) is 37.9 Å². The number of nitrogens with zero attached hydrogens (tertiary/aromatic N) is 1. The minimum atomic E-state index is -1.60. The lowest BCUT2D eigenvalue weighted by atomic mass is 9.98. The second-order valence-electron chi connectivity index (χ2n) is 6.96. The van der Waals surface area contributed by atoms with Crippen LogP contribution < -0.4 is 15.7 Å². The standard InChI is InChI=1S/C20H18N2O8S/c1-10(23)21-20(28-2)18(27)22-16(17(25)26)12(9-31-19(20)22)8-29-13-5-3-11-4-6-15(24)30-14(11)7-13/h3-7,19H,8-9H2,1-2H3,(H,21,23)(H,25,26)/t19-,20+/m1/s1. The van der Waals surface area contributed by atoms with Crippen molar-refractivity contribution in [3.05, 3.63) is 52.0 Å². The summed E-state index contributed by atoms with van der Waals surface area (Å²) in [5.41, 5.74) is -1.55. The average Bonchev–Trinajstić information content (AvgIpc) is 2.74. The summed E-state index contributed by atoms with van der Waals surface area (Å²) in [6, 6.07) is 7.86. The topological polar surface area (TPSA) is 135 Å². The molecule has 0 saturated carbocycles. The van der Waals surface area contributed by atoms with Crippen molar-refractivity contribution in [1.82, 2.24) is 10.2 Å². The molecular formula is C20H18N2O8S. The zero-order valence-corrected chi connectivity index (χ0v) is 17.4. The van der Waals surface area contributed by atoms with Crippen LogP contribution in [-0.4, -0.2) is 58.4 Å². The maximum Gasteiger partial charge on any atom is 0.352 e. The minimum absolute atomic E-state index is 0.0895. The summed E-state index contributed by atoms with van der Waals surface area (Å²) in [5.74, 6) is -1.78.